The Balaban J connectivity index is 2.17. The molecular weight excluding hydrogens is 243 g/mol. The normalized spacial score (nSPS) is 24.1. The van der Waals surface area contributed by atoms with E-state index >= 15 is 0 Å². The van der Waals surface area contributed by atoms with Crippen LogP contribution in [0.1, 0.15) is 37.3 Å². The zero-order valence-corrected chi connectivity index (χ0v) is 11.1. The lowest BCUT2D eigenvalue weighted by atomic mass is 9.96. The highest BCUT2D eigenvalue weighted by atomic mass is 19.1. The molecule has 1 heterocycles. The van der Waals surface area contributed by atoms with E-state index in [0.29, 0.717) is 12.6 Å². The lowest BCUT2D eigenvalue weighted by Gasteiger charge is -2.40. The summed E-state index contributed by atoms with van der Waals surface area (Å²) in [6.07, 6.45) is 3.24. The van der Waals surface area contributed by atoms with Crippen LogP contribution in [0.3, 0.4) is 0 Å². The Morgan fingerprint density at radius 1 is 1.47 bits per heavy atom. The molecule has 1 aromatic carbocycles. The number of nitriles is 1. The molecule has 3 nitrogen and oxygen atoms in total. The van der Waals surface area contributed by atoms with Gasteiger partial charge in [-0.25, -0.2) is 4.39 Å². The van der Waals surface area contributed by atoms with Gasteiger partial charge in [0.2, 0.25) is 0 Å². The van der Waals surface area contributed by atoms with E-state index in [-0.39, 0.29) is 18.2 Å². The lowest BCUT2D eigenvalue weighted by Crippen LogP contribution is -2.46. The molecule has 102 valence electrons. The Hall–Kier alpha value is -1.44. The highest BCUT2D eigenvalue weighted by Crippen LogP contribution is 2.25. The van der Waals surface area contributed by atoms with Crippen LogP contribution in [0.4, 0.5) is 4.39 Å². The summed E-state index contributed by atoms with van der Waals surface area (Å²) >= 11 is 0. The third-order valence-electron chi connectivity index (χ3n) is 3.92. The number of nitrogens with zero attached hydrogens (tertiary/aromatic N) is 2. The van der Waals surface area contributed by atoms with Crippen LogP contribution in [0.15, 0.2) is 18.2 Å². The summed E-state index contributed by atoms with van der Waals surface area (Å²) in [6, 6.07) is 7.10. The van der Waals surface area contributed by atoms with Gasteiger partial charge < -0.3 is 5.11 Å². The molecule has 1 N–H and O–H groups in total. The van der Waals surface area contributed by atoms with Gasteiger partial charge in [0, 0.05) is 18.6 Å². The molecule has 0 aliphatic carbocycles. The average molecular weight is 262 g/mol. The highest BCUT2D eigenvalue weighted by Gasteiger charge is 2.27. The van der Waals surface area contributed by atoms with E-state index in [1.807, 2.05) is 6.07 Å². The van der Waals surface area contributed by atoms with Gasteiger partial charge in [0.05, 0.1) is 12.2 Å². The first kappa shape index (κ1) is 14.0. The standard InChI is InChI=1S/C15H19FN2O/c1-11-3-2-4-14(10-19)18(11)9-12-5-6-15(16)13(7-12)8-17/h5-7,11,14,19H,2-4,9-10H2,1H3/t11-,14+/m0/s1. The van der Waals surface area contributed by atoms with Crippen molar-refractivity contribution >= 4 is 0 Å². The highest BCUT2D eigenvalue weighted by molar-refractivity contribution is 5.34. The third-order valence-corrected chi connectivity index (χ3v) is 3.92. The summed E-state index contributed by atoms with van der Waals surface area (Å²) in [4.78, 5) is 2.25. The minimum atomic E-state index is -0.475. The van der Waals surface area contributed by atoms with E-state index in [9.17, 15) is 9.50 Å². The van der Waals surface area contributed by atoms with Gasteiger partial charge in [-0.3, -0.25) is 4.90 Å². The summed E-state index contributed by atoms with van der Waals surface area (Å²) < 4.78 is 13.3. The van der Waals surface area contributed by atoms with Crippen molar-refractivity contribution in [2.45, 2.75) is 44.8 Å². The van der Waals surface area contributed by atoms with Crippen LogP contribution in [-0.4, -0.2) is 28.7 Å². The van der Waals surface area contributed by atoms with Gasteiger partial charge in [-0.15, -0.1) is 0 Å². The smallest absolute Gasteiger partial charge is 0.140 e. The molecule has 1 aliphatic rings. The number of benzene rings is 1. The van der Waals surface area contributed by atoms with Crippen molar-refractivity contribution in [1.82, 2.24) is 4.90 Å². The van der Waals surface area contributed by atoms with Gasteiger partial charge >= 0.3 is 0 Å². The molecule has 0 saturated carbocycles. The molecule has 0 bridgehead atoms. The van der Waals surface area contributed by atoms with E-state index in [1.165, 1.54) is 6.07 Å². The van der Waals surface area contributed by atoms with Crippen LogP contribution in [-0.2, 0) is 6.54 Å². The number of hydrogen-bond donors (Lipinski definition) is 1. The number of aliphatic hydroxyl groups is 1. The number of hydrogen-bond acceptors (Lipinski definition) is 3. The Bertz CT molecular complexity index is 484. The molecule has 2 rings (SSSR count). The van der Waals surface area contributed by atoms with Gasteiger partial charge in [-0.2, -0.15) is 5.26 Å². The van der Waals surface area contributed by atoms with Crippen molar-refractivity contribution in [2.24, 2.45) is 0 Å². The second kappa shape index (κ2) is 6.14. The molecule has 2 atom stereocenters. The maximum Gasteiger partial charge on any atom is 0.140 e. The summed E-state index contributed by atoms with van der Waals surface area (Å²) in [5, 5.41) is 18.3. The molecular formula is C15H19FN2O. The Morgan fingerprint density at radius 2 is 2.26 bits per heavy atom. The van der Waals surface area contributed by atoms with Crippen molar-refractivity contribution in [3.8, 4) is 6.07 Å². The fourth-order valence-corrected chi connectivity index (χ4v) is 2.79. The first-order chi connectivity index (χ1) is 9.15. The largest absolute Gasteiger partial charge is 0.395 e. The lowest BCUT2D eigenvalue weighted by molar-refractivity contribution is 0.0451. The summed E-state index contributed by atoms with van der Waals surface area (Å²) in [7, 11) is 0. The minimum absolute atomic E-state index is 0.0858. The van der Waals surface area contributed by atoms with E-state index in [0.717, 1.165) is 24.8 Å². The van der Waals surface area contributed by atoms with E-state index in [2.05, 4.69) is 11.8 Å². The Labute approximate surface area is 113 Å². The van der Waals surface area contributed by atoms with Crippen LogP contribution in [0, 0.1) is 17.1 Å². The molecule has 1 saturated heterocycles. The molecule has 1 aliphatic heterocycles. The number of rotatable bonds is 3. The van der Waals surface area contributed by atoms with Gasteiger partial charge in [-0.1, -0.05) is 12.5 Å². The maximum atomic E-state index is 13.3. The molecule has 0 unspecified atom stereocenters. The zero-order chi connectivity index (χ0) is 13.8. The second-order valence-corrected chi connectivity index (χ2v) is 5.21. The first-order valence-electron chi connectivity index (χ1n) is 6.71. The molecule has 0 amide bonds. The second-order valence-electron chi connectivity index (χ2n) is 5.21. The van der Waals surface area contributed by atoms with Crippen molar-refractivity contribution in [3.05, 3.63) is 35.1 Å². The zero-order valence-electron chi connectivity index (χ0n) is 11.1. The topological polar surface area (TPSA) is 47.3 Å². The van der Waals surface area contributed by atoms with Gasteiger partial charge in [-0.05, 0) is 37.5 Å². The number of aliphatic hydroxyl groups excluding tert-OH is 1. The van der Waals surface area contributed by atoms with E-state index in [1.54, 1.807) is 12.1 Å². The summed E-state index contributed by atoms with van der Waals surface area (Å²) in [6.45, 7) is 2.95. The number of halogens is 1. The van der Waals surface area contributed by atoms with Crippen molar-refractivity contribution in [1.29, 1.82) is 5.26 Å². The predicted molar refractivity (Wildman–Crippen MR) is 70.8 cm³/mol. The molecule has 1 fully saturated rings. The third kappa shape index (κ3) is 3.12. The molecule has 1 aromatic rings. The van der Waals surface area contributed by atoms with Crippen LogP contribution in [0.5, 0.6) is 0 Å². The summed E-state index contributed by atoms with van der Waals surface area (Å²) in [5.74, 6) is -0.475. The molecule has 0 spiro atoms. The average Bonchev–Trinajstić information content (AvgIpc) is 2.43. The monoisotopic (exact) mass is 262 g/mol. The number of likely N-dealkylation sites (tertiary alicyclic amines) is 1. The molecule has 19 heavy (non-hydrogen) atoms. The predicted octanol–water partition coefficient (Wildman–Crippen LogP) is 2.43. The quantitative estimate of drug-likeness (QED) is 0.910. The Kier molecular flexibility index (Phi) is 4.52. The fraction of sp³-hybridized carbons (Fsp3) is 0.533. The van der Waals surface area contributed by atoms with Crippen molar-refractivity contribution in [3.63, 3.8) is 0 Å². The van der Waals surface area contributed by atoms with Gasteiger partial charge in [0.25, 0.3) is 0 Å². The Morgan fingerprint density at radius 3 is 2.95 bits per heavy atom. The van der Waals surface area contributed by atoms with Crippen LogP contribution in [0.25, 0.3) is 0 Å². The SMILES string of the molecule is C[C@H]1CCC[C@H](CO)N1Cc1ccc(F)c(C#N)c1. The minimum Gasteiger partial charge on any atom is -0.395 e. The van der Waals surface area contributed by atoms with Gasteiger partial charge in [0.15, 0.2) is 0 Å². The fourth-order valence-electron chi connectivity index (χ4n) is 2.79. The van der Waals surface area contributed by atoms with Crippen LogP contribution >= 0.6 is 0 Å². The molecule has 0 aromatic heterocycles. The van der Waals surface area contributed by atoms with Crippen molar-refractivity contribution < 1.29 is 9.50 Å². The number of piperidine rings is 1. The van der Waals surface area contributed by atoms with Gasteiger partial charge in [0.1, 0.15) is 11.9 Å². The molecule has 4 heteroatoms. The van der Waals surface area contributed by atoms with E-state index in [4.69, 9.17) is 5.26 Å². The maximum absolute atomic E-state index is 13.3. The van der Waals surface area contributed by atoms with Crippen molar-refractivity contribution in [2.75, 3.05) is 6.61 Å². The molecule has 0 radical (unpaired) electrons. The van der Waals surface area contributed by atoms with Crippen LogP contribution in [0.2, 0.25) is 0 Å². The summed E-state index contributed by atoms with van der Waals surface area (Å²) in [5.41, 5.74) is 1.01. The van der Waals surface area contributed by atoms with Crippen LogP contribution < -0.4 is 0 Å². The first-order valence-corrected chi connectivity index (χ1v) is 6.71. The van der Waals surface area contributed by atoms with E-state index < -0.39 is 5.82 Å².